The van der Waals surface area contributed by atoms with Crippen LogP contribution >= 0.6 is 11.3 Å². The monoisotopic (exact) mass is 221 g/mol. The van der Waals surface area contributed by atoms with Gasteiger partial charge in [-0.2, -0.15) is 0 Å². The number of thiazole rings is 1. The van der Waals surface area contributed by atoms with Gasteiger partial charge in [0, 0.05) is 17.6 Å². The third kappa shape index (κ3) is 1.96. The average molecular weight is 221 g/mol. The third-order valence-electron chi connectivity index (χ3n) is 2.26. The summed E-state index contributed by atoms with van der Waals surface area (Å²) in [6.07, 6.45) is 6.38. The Kier molecular flexibility index (Phi) is 2.88. The average Bonchev–Trinajstić information content (AvgIpc) is 2.65. The molecule has 4 heteroatoms. The molecule has 2 rings (SSSR count). The fourth-order valence-corrected chi connectivity index (χ4v) is 2.45. The van der Waals surface area contributed by atoms with Gasteiger partial charge in [-0.1, -0.05) is 6.08 Å². The minimum atomic E-state index is 0.885. The smallest absolute Gasteiger partial charge is 0.194 e. The van der Waals surface area contributed by atoms with E-state index in [1.165, 1.54) is 10.6 Å². The van der Waals surface area contributed by atoms with E-state index in [0.717, 1.165) is 17.2 Å². The molecule has 0 amide bonds. The molecule has 2 aromatic heterocycles. The topological polar surface area (TPSA) is 29.3 Å². The lowest BCUT2D eigenvalue weighted by Crippen LogP contribution is -2.03. The number of aryl methyl sites for hydroxylation is 2. The summed E-state index contributed by atoms with van der Waals surface area (Å²) >= 11 is 1.73. The normalized spacial score (nSPS) is 11.9. The van der Waals surface area contributed by atoms with Crippen LogP contribution in [0.4, 0.5) is 0 Å². The first-order chi connectivity index (χ1) is 7.22. The molecule has 0 saturated carbocycles. The molecule has 0 bridgehead atoms. The van der Waals surface area contributed by atoms with E-state index in [4.69, 9.17) is 0 Å². The van der Waals surface area contributed by atoms with Crippen LogP contribution in [0.25, 0.3) is 11.0 Å². The second-order valence-corrected chi connectivity index (χ2v) is 4.75. The van der Waals surface area contributed by atoms with Crippen LogP contribution in [0.2, 0.25) is 0 Å². The Balaban J connectivity index is 2.43. The van der Waals surface area contributed by atoms with Crippen LogP contribution in [-0.2, 0) is 0 Å². The van der Waals surface area contributed by atoms with Gasteiger partial charge in [-0.25, -0.2) is 4.98 Å². The molecule has 15 heavy (non-hydrogen) atoms. The lowest BCUT2D eigenvalue weighted by Gasteiger charge is -1.93. The molecule has 0 aliphatic rings. The predicted molar refractivity (Wildman–Crippen MR) is 65.5 cm³/mol. The van der Waals surface area contributed by atoms with Crippen molar-refractivity contribution in [2.75, 3.05) is 13.6 Å². The van der Waals surface area contributed by atoms with Gasteiger partial charge >= 0.3 is 0 Å². The molecule has 1 N–H and O–H groups in total. The fourth-order valence-electron chi connectivity index (χ4n) is 1.57. The maximum absolute atomic E-state index is 4.52. The number of hydrogen-bond donors (Lipinski definition) is 1. The maximum Gasteiger partial charge on any atom is 0.194 e. The molecule has 0 radical (unpaired) electrons. The molecule has 0 fully saturated rings. The van der Waals surface area contributed by atoms with Crippen molar-refractivity contribution < 1.29 is 0 Å². The fraction of sp³-hybridized carbons (Fsp3) is 0.364. The summed E-state index contributed by atoms with van der Waals surface area (Å²) in [4.78, 5) is 6.89. The molecule has 2 aromatic rings. The van der Waals surface area contributed by atoms with E-state index < -0.39 is 0 Å². The lowest BCUT2D eigenvalue weighted by atomic mass is 10.3. The van der Waals surface area contributed by atoms with E-state index in [1.54, 1.807) is 11.3 Å². The molecule has 2 heterocycles. The van der Waals surface area contributed by atoms with Crippen LogP contribution in [0.5, 0.6) is 0 Å². The van der Waals surface area contributed by atoms with Gasteiger partial charge in [0.1, 0.15) is 0 Å². The molecular formula is C11H15N3S. The number of likely N-dealkylation sites (N-methyl/N-ethyl adjacent to an activating group) is 1. The highest BCUT2D eigenvalue weighted by molar-refractivity contribution is 7.17. The van der Waals surface area contributed by atoms with Crippen LogP contribution in [0, 0.1) is 13.8 Å². The highest BCUT2D eigenvalue weighted by Crippen LogP contribution is 2.21. The molecule has 80 valence electrons. The van der Waals surface area contributed by atoms with Crippen LogP contribution in [-0.4, -0.2) is 23.0 Å². The van der Waals surface area contributed by atoms with Gasteiger partial charge in [0.25, 0.3) is 0 Å². The number of nitrogens with zero attached hydrogens (tertiary/aromatic N) is 2. The molecule has 0 spiro atoms. The van der Waals surface area contributed by atoms with Crippen LogP contribution in [0.1, 0.15) is 16.3 Å². The molecule has 0 aromatic carbocycles. The molecule has 0 aliphatic heterocycles. The van der Waals surface area contributed by atoms with Gasteiger partial charge in [-0.3, -0.25) is 4.40 Å². The van der Waals surface area contributed by atoms with Crippen molar-refractivity contribution in [3.8, 4) is 0 Å². The predicted octanol–water partition coefficient (Wildman–Crippen LogP) is 2.25. The zero-order chi connectivity index (χ0) is 10.8. The SMILES string of the molecule is CNCC=Cc1c(C)nc2sc(C)cn12. The van der Waals surface area contributed by atoms with Crippen molar-refractivity contribution in [3.05, 3.63) is 28.5 Å². The third-order valence-corrected chi connectivity index (χ3v) is 3.16. The number of hydrogen-bond acceptors (Lipinski definition) is 3. The first-order valence-corrected chi connectivity index (χ1v) is 5.80. The van der Waals surface area contributed by atoms with E-state index in [0.29, 0.717) is 0 Å². The zero-order valence-electron chi connectivity index (χ0n) is 9.24. The Labute approximate surface area is 93.5 Å². The summed E-state index contributed by atoms with van der Waals surface area (Å²) in [7, 11) is 1.94. The standard InChI is InChI=1S/C11H15N3S/c1-8-7-14-10(5-4-6-12-3)9(2)13-11(14)15-8/h4-5,7,12H,6H2,1-3H3. The van der Waals surface area contributed by atoms with Crippen molar-refractivity contribution in [1.29, 1.82) is 0 Å². The lowest BCUT2D eigenvalue weighted by molar-refractivity contribution is 0.921. The van der Waals surface area contributed by atoms with Crippen molar-refractivity contribution in [1.82, 2.24) is 14.7 Å². The summed E-state index contributed by atoms with van der Waals surface area (Å²) < 4.78 is 2.15. The first-order valence-electron chi connectivity index (χ1n) is 4.98. The van der Waals surface area contributed by atoms with Crippen LogP contribution in [0.15, 0.2) is 12.3 Å². The van der Waals surface area contributed by atoms with E-state index in [2.05, 4.69) is 40.0 Å². The Morgan fingerprint density at radius 2 is 2.33 bits per heavy atom. The Morgan fingerprint density at radius 1 is 1.53 bits per heavy atom. The molecule has 0 aliphatic carbocycles. The van der Waals surface area contributed by atoms with Crippen molar-refractivity contribution in [2.24, 2.45) is 0 Å². The minimum Gasteiger partial charge on any atom is -0.316 e. The molecule has 0 atom stereocenters. The molecule has 0 saturated heterocycles. The van der Waals surface area contributed by atoms with Gasteiger partial charge in [0.05, 0.1) is 11.4 Å². The number of aromatic nitrogens is 2. The van der Waals surface area contributed by atoms with E-state index in [-0.39, 0.29) is 0 Å². The maximum atomic E-state index is 4.52. The number of rotatable bonds is 3. The van der Waals surface area contributed by atoms with Gasteiger partial charge in [-0.15, -0.1) is 11.3 Å². The van der Waals surface area contributed by atoms with Gasteiger partial charge in [0.15, 0.2) is 4.96 Å². The molecule has 0 unspecified atom stereocenters. The van der Waals surface area contributed by atoms with Gasteiger partial charge < -0.3 is 5.32 Å². The van der Waals surface area contributed by atoms with Crippen molar-refractivity contribution in [2.45, 2.75) is 13.8 Å². The largest absolute Gasteiger partial charge is 0.316 e. The Bertz CT molecular complexity index is 493. The summed E-state index contributed by atoms with van der Waals surface area (Å²) in [6, 6.07) is 0. The summed E-state index contributed by atoms with van der Waals surface area (Å²) in [6.45, 7) is 5.04. The molecular weight excluding hydrogens is 206 g/mol. The second-order valence-electron chi connectivity index (χ2n) is 3.54. The summed E-state index contributed by atoms with van der Waals surface area (Å²) in [5, 5.41) is 3.09. The van der Waals surface area contributed by atoms with E-state index in [9.17, 15) is 0 Å². The second kappa shape index (κ2) is 4.16. The van der Waals surface area contributed by atoms with Crippen molar-refractivity contribution >= 4 is 22.4 Å². The number of fused-ring (bicyclic) bond motifs is 1. The quantitative estimate of drug-likeness (QED) is 0.861. The highest BCUT2D eigenvalue weighted by Gasteiger charge is 2.07. The zero-order valence-corrected chi connectivity index (χ0v) is 10.1. The highest BCUT2D eigenvalue weighted by atomic mass is 32.1. The van der Waals surface area contributed by atoms with Crippen molar-refractivity contribution in [3.63, 3.8) is 0 Å². The summed E-state index contributed by atoms with van der Waals surface area (Å²) in [5.74, 6) is 0. The molecule has 3 nitrogen and oxygen atoms in total. The number of nitrogens with one attached hydrogen (secondary N) is 1. The van der Waals surface area contributed by atoms with Crippen LogP contribution in [0.3, 0.4) is 0 Å². The summed E-state index contributed by atoms with van der Waals surface area (Å²) in [5.41, 5.74) is 2.28. The number of imidazole rings is 1. The first kappa shape index (κ1) is 10.4. The van der Waals surface area contributed by atoms with E-state index >= 15 is 0 Å². The van der Waals surface area contributed by atoms with Gasteiger partial charge in [0.2, 0.25) is 0 Å². The van der Waals surface area contributed by atoms with Crippen LogP contribution < -0.4 is 5.32 Å². The Morgan fingerprint density at radius 3 is 3.07 bits per heavy atom. The van der Waals surface area contributed by atoms with E-state index in [1.807, 2.05) is 14.0 Å². The Hall–Kier alpha value is -1.13. The minimum absolute atomic E-state index is 0.885. The van der Waals surface area contributed by atoms with Gasteiger partial charge in [-0.05, 0) is 27.0 Å².